The summed E-state index contributed by atoms with van der Waals surface area (Å²) in [4.78, 5) is 16.5. The van der Waals surface area contributed by atoms with Gasteiger partial charge in [0.05, 0.1) is 6.21 Å². The molecule has 0 aliphatic rings. The number of amides is 1. The molecule has 0 aliphatic carbocycles. The predicted molar refractivity (Wildman–Crippen MR) is 102 cm³/mol. The summed E-state index contributed by atoms with van der Waals surface area (Å²) in [5.74, 6) is -0.215. The number of thiazole rings is 1. The first-order valence-corrected chi connectivity index (χ1v) is 8.99. The fourth-order valence-corrected chi connectivity index (χ4v) is 3.41. The Morgan fingerprint density at radius 3 is 2.72 bits per heavy atom. The molecule has 0 fully saturated rings. The van der Waals surface area contributed by atoms with Crippen LogP contribution in [0.3, 0.4) is 0 Å². The van der Waals surface area contributed by atoms with E-state index in [1.807, 2.05) is 49.6 Å². The number of hydrogen-bond acceptors (Lipinski definition) is 4. The number of hydrazone groups is 1. The maximum atomic E-state index is 12.1. The van der Waals surface area contributed by atoms with Crippen molar-refractivity contribution in [3.05, 3.63) is 70.0 Å². The first-order valence-electron chi connectivity index (χ1n) is 8.11. The lowest BCUT2D eigenvalue weighted by Crippen LogP contribution is -2.17. The molecule has 1 N–H and O–H groups in total. The minimum Gasteiger partial charge on any atom is -0.294 e. The number of carbonyl (C=O) groups is 1. The molecule has 0 atom stereocenters. The molecule has 3 aromatic rings. The lowest BCUT2D eigenvalue weighted by atomic mass is 10.1. The monoisotopic (exact) mass is 352 g/mol. The van der Waals surface area contributed by atoms with Crippen LogP contribution in [0.15, 0.2) is 47.0 Å². The van der Waals surface area contributed by atoms with E-state index in [1.54, 1.807) is 23.7 Å². The summed E-state index contributed by atoms with van der Waals surface area (Å²) >= 11 is 1.58. The highest BCUT2D eigenvalue weighted by atomic mass is 32.1. The van der Waals surface area contributed by atoms with Crippen LogP contribution in [0.2, 0.25) is 0 Å². The number of nitrogens with zero attached hydrogens (tertiary/aromatic N) is 3. The molecule has 6 heteroatoms. The van der Waals surface area contributed by atoms with Gasteiger partial charge in [-0.3, -0.25) is 9.36 Å². The Kier molecular flexibility index (Phi) is 5.09. The van der Waals surface area contributed by atoms with Gasteiger partial charge < -0.3 is 0 Å². The van der Waals surface area contributed by atoms with Gasteiger partial charge in [0, 0.05) is 34.1 Å². The van der Waals surface area contributed by atoms with Crippen LogP contribution in [0.5, 0.6) is 0 Å². The molecule has 5 nitrogen and oxygen atoms in total. The van der Waals surface area contributed by atoms with Crippen LogP contribution in [0.1, 0.15) is 39.8 Å². The molecule has 0 spiro atoms. The SMILES string of the molecule is CCc1ccc(C(=O)N/N=C\c2cc(C)n(-c3nccs3)c2C)cc1. The Balaban J connectivity index is 1.72. The summed E-state index contributed by atoms with van der Waals surface area (Å²) in [5, 5.41) is 6.98. The van der Waals surface area contributed by atoms with E-state index in [9.17, 15) is 4.79 Å². The highest BCUT2D eigenvalue weighted by Gasteiger charge is 2.11. The second-order valence-corrected chi connectivity index (χ2v) is 6.60. The van der Waals surface area contributed by atoms with Crippen LogP contribution in [-0.4, -0.2) is 21.7 Å². The third-order valence-corrected chi connectivity index (χ3v) is 4.83. The van der Waals surface area contributed by atoms with Crippen molar-refractivity contribution in [1.29, 1.82) is 0 Å². The standard InChI is InChI=1S/C19H20N4OS/c1-4-15-5-7-16(8-6-15)18(24)22-21-12-17-11-13(2)23(14(17)3)19-20-9-10-25-19/h5-12H,4H2,1-3H3,(H,22,24)/b21-12-. The van der Waals surface area contributed by atoms with Crippen molar-refractivity contribution in [2.24, 2.45) is 5.10 Å². The molecular formula is C19H20N4OS. The maximum Gasteiger partial charge on any atom is 0.271 e. The van der Waals surface area contributed by atoms with E-state index in [1.165, 1.54) is 5.56 Å². The van der Waals surface area contributed by atoms with E-state index >= 15 is 0 Å². The molecule has 128 valence electrons. The molecule has 0 aliphatic heterocycles. The molecule has 25 heavy (non-hydrogen) atoms. The number of aromatic nitrogens is 2. The van der Waals surface area contributed by atoms with Gasteiger partial charge in [0.15, 0.2) is 5.13 Å². The van der Waals surface area contributed by atoms with Gasteiger partial charge >= 0.3 is 0 Å². The highest BCUT2D eigenvalue weighted by Crippen LogP contribution is 2.21. The Morgan fingerprint density at radius 1 is 1.32 bits per heavy atom. The Hall–Kier alpha value is -2.73. The summed E-state index contributed by atoms with van der Waals surface area (Å²) in [6.45, 7) is 6.13. The molecular weight excluding hydrogens is 332 g/mol. The summed E-state index contributed by atoms with van der Waals surface area (Å²) in [6, 6.07) is 9.58. The summed E-state index contributed by atoms with van der Waals surface area (Å²) < 4.78 is 2.08. The summed E-state index contributed by atoms with van der Waals surface area (Å²) in [6.07, 6.45) is 4.41. The average Bonchev–Trinajstić information content (AvgIpc) is 3.23. The molecule has 3 rings (SSSR count). The first kappa shape index (κ1) is 17.1. The number of nitrogens with one attached hydrogen (secondary N) is 1. The van der Waals surface area contributed by atoms with Crippen molar-refractivity contribution in [2.45, 2.75) is 27.2 Å². The number of hydrogen-bond donors (Lipinski definition) is 1. The maximum absolute atomic E-state index is 12.1. The number of aryl methyl sites for hydroxylation is 2. The zero-order valence-corrected chi connectivity index (χ0v) is 15.3. The van der Waals surface area contributed by atoms with Crippen molar-refractivity contribution in [1.82, 2.24) is 15.0 Å². The molecule has 1 amide bonds. The van der Waals surface area contributed by atoms with Crippen LogP contribution < -0.4 is 5.43 Å². The van der Waals surface area contributed by atoms with Gasteiger partial charge in [-0.25, -0.2) is 10.4 Å². The Bertz CT molecular complexity index is 892. The van der Waals surface area contributed by atoms with Crippen LogP contribution in [0.4, 0.5) is 0 Å². The number of rotatable bonds is 5. The van der Waals surface area contributed by atoms with Gasteiger partial charge in [0.2, 0.25) is 0 Å². The minimum atomic E-state index is -0.215. The molecule has 0 saturated carbocycles. The van der Waals surface area contributed by atoms with Gasteiger partial charge in [0.25, 0.3) is 5.91 Å². The normalized spacial score (nSPS) is 11.2. The third kappa shape index (κ3) is 3.69. The topological polar surface area (TPSA) is 59.3 Å². The van der Waals surface area contributed by atoms with Crippen molar-refractivity contribution < 1.29 is 4.79 Å². The number of benzene rings is 1. The summed E-state index contributed by atoms with van der Waals surface area (Å²) in [5.41, 5.74) is 7.46. The lowest BCUT2D eigenvalue weighted by Gasteiger charge is -2.04. The fraction of sp³-hybridized carbons (Fsp3) is 0.211. The minimum absolute atomic E-state index is 0.215. The molecule has 0 radical (unpaired) electrons. The zero-order valence-electron chi connectivity index (χ0n) is 14.5. The van der Waals surface area contributed by atoms with E-state index in [0.717, 1.165) is 28.5 Å². The van der Waals surface area contributed by atoms with Gasteiger partial charge in [-0.2, -0.15) is 5.10 Å². The molecule has 0 saturated heterocycles. The first-order chi connectivity index (χ1) is 12.1. The van der Waals surface area contributed by atoms with Crippen molar-refractivity contribution in [2.75, 3.05) is 0 Å². The van der Waals surface area contributed by atoms with E-state index < -0.39 is 0 Å². The predicted octanol–water partition coefficient (Wildman–Crippen LogP) is 3.88. The third-order valence-electron chi connectivity index (χ3n) is 4.07. The zero-order chi connectivity index (χ0) is 17.8. The van der Waals surface area contributed by atoms with E-state index in [-0.39, 0.29) is 5.91 Å². The average molecular weight is 352 g/mol. The second kappa shape index (κ2) is 7.44. The van der Waals surface area contributed by atoms with Gasteiger partial charge in [-0.15, -0.1) is 11.3 Å². The molecule has 1 aromatic carbocycles. The van der Waals surface area contributed by atoms with E-state index in [2.05, 4.69) is 27.0 Å². The number of carbonyl (C=O) groups excluding carboxylic acids is 1. The smallest absolute Gasteiger partial charge is 0.271 e. The summed E-state index contributed by atoms with van der Waals surface area (Å²) in [7, 11) is 0. The quantitative estimate of drug-likeness (QED) is 0.560. The van der Waals surface area contributed by atoms with Crippen LogP contribution >= 0.6 is 11.3 Å². The molecule has 2 heterocycles. The van der Waals surface area contributed by atoms with Gasteiger partial charge in [-0.05, 0) is 44.0 Å². The van der Waals surface area contributed by atoms with Crippen molar-refractivity contribution in [3.8, 4) is 5.13 Å². The lowest BCUT2D eigenvalue weighted by molar-refractivity contribution is 0.0955. The van der Waals surface area contributed by atoms with Crippen LogP contribution in [0, 0.1) is 13.8 Å². The fourth-order valence-electron chi connectivity index (χ4n) is 2.66. The van der Waals surface area contributed by atoms with Crippen LogP contribution in [-0.2, 0) is 6.42 Å². The van der Waals surface area contributed by atoms with Crippen molar-refractivity contribution in [3.63, 3.8) is 0 Å². The van der Waals surface area contributed by atoms with E-state index in [4.69, 9.17) is 0 Å². The van der Waals surface area contributed by atoms with E-state index in [0.29, 0.717) is 5.56 Å². The van der Waals surface area contributed by atoms with Gasteiger partial charge in [0.1, 0.15) is 0 Å². The Labute approximate surface area is 151 Å². The molecule has 0 bridgehead atoms. The molecule has 0 unspecified atom stereocenters. The Morgan fingerprint density at radius 2 is 2.08 bits per heavy atom. The van der Waals surface area contributed by atoms with Gasteiger partial charge in [-0.1, -0.05) is 19.1 Å². The van der Waals surface area contributed by atoms with Crippen molar-refractivity contribution >= 4 is 23.5 Å². The van der Waals surface area contributed by atoms with Crippen LogP contribution in [0.25, 0.3) is 5.13 Å². The second-order valence-electron chi connectivity index (χ2n) is 5.73. The largest absolute Gasteiger partial charge is 0.294 e. The highest BCUT2D eigenvalue weighted by molar-refractivity contribution is 7.12. The molecule has 2 aromatic heterocycles.